The Morgan fingerprint density at radius 3 is 2.40 bits per heavy atom. The van der Waals surface area contributed by atoms with E-state index in [1.165, 1.54) is 24.8 Å². The molecule has 2 rings (SSSR count). The van der Waals surface area contributed by atoms with Crippen LogP contribution in [0, 0.1) is 0 Å². The highest BCUT2D eigenvalue weighted by molar-refractivity contribution is 5.23. The van der Waals surface area contributed by atoms with Gasteiger partial charge in [0.05, 0.1) is 5.60 Å². The lowest BCUT2D eigenvalue weighted by Crippen LogP contribution is -2.50. The van der Waals surface area contributed by atoms with Gasteiger partial charge in [-0.1, -0.05) is 44.2 Å². The van der Waals surface area contributed by atoms with Gasteiger partial charge in [0.1, 0.15) is 0 Å². The number of rotatable bonds is 7. The van der Waals surface area contributed by atoms with Crippen LogP contribution in [0.5, 0.6) is 0 Å². The molecule has 1 aliphatic carbocycles. The Kier molecular flexibility index (Phi) is 4.87. The van der Waals surface area contributed by atoms with Crippen LogP contribution in [0.1, 0.15) is 52.0 Å². The molecule has 0 aromatic heterocycles. The van der Waals surface area contributed by atoms with Crippen LogP contribution in [-0.4, -0.2) is 25.3 Å². The summed E-state index contributed by atoms with van der Waals surface area (Å²) in [5.74, 6) is 0. The maximum atomic E-state index is 5.68. The molecule has 2 nitrogen and oxygen atoms in total. The van der Waals surface area contributed by atoms with Crippen LogP contribution < -0.4 is 5.32 Å². The van der Waals surface area contributed by atoms with Gasteiger partial charge in [-0.3, -0.25) is 0 Å². The standard InChI is InChI=1S/C18H29NO/c1-15(19-14-18(20-4)11-8-12-18)13-17(2,3)16-9-6-5-7-10-16/h5-7,9-10,15,19H,8,11-14H2,1-4H3. The molecule has 1 aliphatic rings. The van der Waals surface area contributed by atoms with Crippen LogP contribution >= 0.6 is 0 Å². The Morgan fingerprint density at radius 2 is 1.90 bits per heavy atom. The monoisotopic (exact) mass is 275 g/mol. The maximum absolute atomic E-state index is 5.68. The summed E-state index contributed by atoms with van der Waals surface area (Å²) in [6, 6.07) is 11.3. The molecule has 20 heavy (non-hydrogen) atoms. The quantitative estimate of drug-likeness (QED) is 0.815. The first-order chi connectivity index (χ1) is 9.47. The molecule has 0 spiro atoms. The number of hydrogen-bond acceptors (Lipinski definition) is 2. The van der Waals surface area contributed by atoms with Gasteiger partial charge >= 0.3 is 0 Å². The largest absolute Gasteiger partial charge is 0.377 e. The Morgan fingerprint density at radius 1 is 1.25 bits per heavy atom. The molecule has 1 N–H and O–H groups in total. The van der Waals surface area contributed by atoms with Gasteiger partial charge in [-0.2, -0.15) is 0 Å². The van der Waals surface area contributed by atoms with E-state index in [2.05, 4.69) is 56.4 Å². The molecule has 0 heterocycles. The van der Waals surface area contributed by atoms with Crippen LogP contribution in [0.4, 0.5) is 0 Å². The molecule has 1 aromatic carbocycles. The second-order valence-electron chi connectivity index (χ2n) is 6.98. The van der Waals surface area contributed by atoms with Crippen LogP contribution in [0.25, 0.3) is 0 Å². The lowest BCUT2D eigenvalue weighted by Gasteiger charge is -2.42. The van der Waals surface area contributed by atoms with E-state index in [9.17, 15) is 0 Å². The zero-order chi connectivity index (χ0) is 14.6. The number of nitrogens with one attached hydrogen (secondary N) is 1. The van der Waals surface area contributed by atoms with Crippen molar-refractivity contribution in [1.82, 2.24) is 5.32 Å². The van der Waals surface area contributed by atoms with Gasteiger partial charge < -0.3 is 10.1 Å². The summed E-state index contributed by atoms with van der Waals surface area (Å²) in [6.45, 7) is 7.92. The summed E-state index contributed by atoms with van der Waals surface area (Å²) in [6.07, 6.45) is 4.84. The lowest BCUT2D eigenvalue weighted by molar-refractivity contribution is -0.0709. The molecular formula is C18H29NO. The number of hydrogen-bond donors (Lipinski definition) is 1. The fourth-order valence-electron chi connectivity index (χ4n) is 3.23. The van der Waals surface area contributed by atoms with Gasteiger partial charge in [-0.05, 0) is 43.6 Å². The lowest BCUT2D eigenvalue weighted by atomic mass is 9.78. The molecule has 0 bridgehead atoms. The van der Waals surface area contributed by atoms with Crippen LogP contribution in [0.2, 0.25) is 0 Å². The molecule has 0 radical (unpaired) electrons. The van der Waals surface area contributed by atoms with Crippen molar-refractivity contribution in [3.05, 3.63) is 35.9 Å². The molecule has 1 saturated carbocycles. The van der Waals surface area contributed by atoms with Crippen molar-refractivity contribution in [3.63, 3.8) is 0 Å². The first-order valence-corrected chi connectivity index (χ1v) is 7.82. The first-order valence-electron chi connectivity index (χ1n) is 7.82. The van der Waals surface area contributed by atoms with Crippen molar-refractivity contribution in [3.8, 4) is 0 Å². The molecule has 0 aliphatic heterocycles. The minimum absolute atomic E-state index is 0.116. The molecule has 1 aromatic rings. The molecule has 1 unspecified atom stereocenters. The van der Waals surface area contributed by atoms with E-state index in [0.717, 1.165) is 13.0 Å². The average molecular weight is 275 g/mol. The average Bonchev–Trinajstić information content (AvgIpc) is 2.38. The summed E-state index contributed by atoms with van der Waals surface area (Å²) >= 11 is 0. The SMILES string of the molecule is COC1(CNC(C)CC(C)(C)c2ccccc2)CCC1. The van der Waals surface area contributed by atoms with Gasteiger partial charge in [-0.15, -0.1) is 0 Å². The molecular weight excluding hydrogens is 246 g/mol. The molecule has 2 heteroatoms. The Balaban J connectivity index is 1.86. The zero-order valence-corrected chi connectivity index (χ0v) is 13.4. The summed E-state index contributed by atoms with van der Waals surface area (Å²) in [5, 5.41) is 3.68. The summed E-state index contributed by atoms with van der Waals surface area (Å²) in [7, 11) is 1.85. The van der Waals surface area contributed by atoms with Crippen molar-refractivity contribution in [1.29, 1.82) is 0 Å². The molecule has 1 atom stereocenters. The van der Waals surface area contributed by atoms with E-state index < -0.39 is 0 Å². The van der Waals surface area contributed by atoms with Crippen molar-refractivity contribution >= 4 is 0 Å². The van der Waals surface area contributed by atoms with Crippen molar-refractivity contribution < 1.29 is 4.74 Å². The fourth-order valence-corrected chi connectivity index (χ4v) is 3.23. The minimum Gasteiger partial charge on any atom is -0.377 e. The third-order valence-electron chi connectivity index (χ3n) is 4.84. The molecule has 112 valence electrons. The topological polar surface area (TPSA) is 21.3 Å². The summed E-state index contributed by atoms with van der Waals surface area (Å²) in [5.41, 5.74) is 1.73. The van der Waals surface area contributed by atoms with Gasteiger partial charge in [0.15, 0.2) is 0 Å². The van der Waals surface area contributed by atoms with E-state index >= 15 is 0 Å². The van der Waals surface area contributed by atoms with Crippen LogP contribution in [0.15, 0.2) is 30.3 Å². The predicted octanol–water partition coefficient (Wildman–Crippen LogP) is 3.90. The second kappa shape index (κ2) is 6.28. The molecule has 0 saturated heterocycles. The zero-order valence-electron chi connectivity index (χ0n) is 13.4. The van der Waals surface area contributed by atoms with Crippen molar-refractivity contribution in [2.45, 2.75) is 63.5 Å². The van der Waals surface area contributed by atoms with E-state index in [1.807, 2.05) is 7.11 Å². The highest BCUT2D eigenvalue weighted by Gasteiger charge is 2.37. The Labute approximate surface area is 123 Å². The maximum Gasteiger partial charge on any atom is 0.0802 e. The number of benzene rings is 1. The van der Waals surface area contributed by atoms with Gasteiger partial charge in [0.2, 0.25) is 0 Å². The third-order valence-corrected chi connectivity index (χ3v) is 4.84. The first kappa shape index (κ1) is 15.5. The summed E-state index contributed by atoms with van der Waals surface area (Å²) < 4.78 is 5.68. The highest BCUT2D eigenvalue weighted by atomic mass is 16.5. The molecule has 0 amide bonds. The van der Waals surface area contributed by atoms with Gasteiger partial charge in [0.25, 0.3) is 0 Å². The number of ether oxygens (including phenoxy) is 1. The fraction of sp³-hybridized carbons (Fsp3) is 0.667. The van der Waals surface area contributed by atoms with E-state index in [0.29, 0.717) is 6.04 Å². The minimum atomic E-state index is 0.116. The Hall–Kier alpha value is -0.860. The van der Waals surface area contributed by atoms with E-state index in [-0.39, 0.29) is 11.0 Å². The highest BCUT2D eigenvalue weighted by Crippen LogP contribution is 2.35. The van der Waals surface area contributed by atoms with Crippen molar-refractivity contribution in [2.24, 2.45) is 0 Å². The third kappa shape index (κ3) is 3.62. The summed E-state index contributed by atoms with van der Waals surface area (Å²) in [4.78, 5) is 0. The predicted molar refractivity (Wildman–Crippen MR) is 85.1 cm³/mol. The smallest absolute Gasteiger partial charge is 0.0802 e. The Bertz CT molecular complexity index is 403. The van der Waals surface area contributed by atoms with Gasteiger partial charge in [0, 0.05) is 19.7 Å². The van der Waals surface area contributed by atoms with Crippen LogP contribution in [0.3, 0.4) is 0 Å². The second-order valence-corrected chi connectivity index (χ2v) is 6.98. The van der Waals surface area contributed by atoms with Gasteiger partial charge in [-0.25, -0.2) is 0 Å². The molecule has 1 fully saturated rings. The van der Waals surface area contributed by atoms with Crippen molar-refractivity contribution in [2.75, 3.05) is 13.7 Å². The van der Waals surface area contributed by atoms with Crippen LogP contribution in [-0.2, 0) is 10.2 Å². The van der Waals surface area contributed by atoms with E-state index in [1.54, 1.807) is 0 Å². The normalized spacial score (nSPS) is 19.4. The van der Waals surface area contributed by atoms with E-state index in [4.69, 9.17) is 4.74 Å². The number of methoxy groups -OCH3 is 1.